The number of sulfonamides is 1. The minimum Gasteiger partial charge on any atom is -0.363 e. The predicted octanol–water partition coefficient (Wildman–Crippen LogP) is 1.43. The van der Waals surface area contributed by atoms with Crippen molar-refractivity contribution < 1.29 is 8.42 Å². The van der Waals surface area contributed by atoms with Crippen molar-refractivity contribution in [2.45, 2.75) is 49.6 Å². The Morgan fingerprint density at radius 1 is 1.32 bits per heavy atom. The maximum atomic E-state index is 12.7. The van der Waals surface area contributed by atoms with Gasteiger partial charge >= 0.3 is 0 Å². The summed E-state index contributed by atoms with van der Waals surface area (Å²) >= 11 is 0. The van der Waals surface area contributed by atoms with Crippen molar-refractivity contribution in [3.05, 3.63) is 18.0 Å². The molecule has 0 bridgehead atoms. The van der Waals surface area contributed by atoms with Crippen LogP contribution in [0, 0.1) is 5.92 Å². The molecule has 1 aromatic heterocycles. The maximum Gasteiger partial charge on any atom is 0.244 e. The third-order valence-corrected chi connectivity index (χ3v) is 6.39. The summed E-state index contributed by atoms with van der Waals surface area (Å²) in [5.41, 5.74) is 6.29. The fourth-order valence-electron chi connectivity index (χ4n) is 3.53. The minimum atomic E-state index is -3.36. The van der Waals surface area contributed by atoms with E-state index in [4.69, 9.17) is 5.73 Å². The summed E-state index contributed by atoms with van der Waals surface area (Å²) in [6.07, 6.45) is 7.07. The van der Waals surface area contributed by atoms with Crippen molar-refractivity contribution in [2.75, 3.05) is 6.54 Å². The first-order valence-corrected chi connectivity index (χ1v) is 8.46. The van der Waals surface area contributed by atoms with Crippen LogP contribution >= 0.6 is 0 Å². The van der Waals surface area contributed by atoms with Crippen LogP contribution in [0.5, 0.6) is 0 Å². The van der Waals surface area contributed by atoms with E-state index in [1.807, 2.05) is 0 Å². The third kappa shape index (κ3) is 2.22. The van der Waals surface area contributed by atoms with Gasteiger partial charge in [0.25, 0.3) is 0 Å². The molecule has 0 radical (unpaired) electrons. The van der Waals surface area contributed by atoms with Gasteiger partial charge in [-0.25, -0.2) is 8.42 Å². The highest BCUT2D eigenvalue weighted by Crippen LogP contribution is 2.39. The highest BCUT2D eigenvalue weighted by molar-refractivity contribution is 7.89. The van der Waals surface area contributed by atoms with Gasteiger partial charge in [0.05, 0.1) is 4.90 Å². The average Bonchev–Trinajstić information content (AvgIpc) is 3.06. The van der Waals surface area contributed by atoms with Crippen LogP contribution < -0.4 is 5.73 Å². The normalized spacial score (nSPS) is 28.5. The third-order valence-electron chi connectivity index (χ3n) is 4.49. The quantitative estimate of drug-likeness (QED) is 0.880. The molecule has 1 aromatic rings. The van der Waals surface area contributed by atoms with Gasteiger partial charge in [0.15, 0.2) is 0 Å². The molecule has 2 unspecified atom stereocenters. The Balaban J connectivity index is 1.90. The lowest BCUT2D eigenvalue weighted by Crippen LogP contribution is -2.45. The maximum absolute atomic E-state index is 12.7. The van der Waals surface area contributed by atoms with E-state index in [2.05, 4.69) is 4.98 Å². The number of fused-ring (bicyclic) bond motifs is 1. The second-order valence-corrected chi connectivity index (χ2v) is 7.47. The zero-order valence-electron chi connectivity index (χ0n) is 11.0. The summed E-state index contributed by atoms with van der Waals surface area (Å²) in [4.78, 5) is 3.29. The topological polar surface area (TPSA) is 79.2 Å². The molecule has 0 amide bonds. The molecule has 3 rings (SSSR count). The number of piperidine rings is 1. The molecule has 2 heterocycles. The van der Waals surface area contributed by atoms with E-state index in [-0.39, 0.29) is 6.04 Å². The van der Waals surface area contributed by atoms with Crippen LogP contribution in [0.25, 0.3) is 0 Å². The van der Waals surface area contributed by atoms with Gasteiger partial charge in [0.2, 0.25) is 10.0 Å². The lowest BCUT2D eigenvalue weighted by atomic mass is 9.94. The van der Waals surface area contributed by atoms with E-state index in [0.717, 1.165) is 25.0 Å². The predicted molar refractivity (Wildman–Crippen MR) is 72.9 cm³/mol. The highest BCUT2D eigenvalue weighted by atomic mass is 32.2. The van der Waals surface area contributed by atoms with E-state index >= 15 is 0 Å². The average molecular weight is 283 g/mol. The number of rotatable bonds is 3. The molecule has 5 nitrogen and oxygen atoms in total. The summed E-state index contributed by atoms with van der Waals surface area (Å²) in [6, 6.07) is 1.88. The number of H-pyrrole nitrogens is 1. The molecule has 2 atom stereocenters. The van der Waals surface area contributed by atoms with E-state index in [0.29, 0.717) is 23.9 Å². The van der Waals surface area contributed by atoms with Gasteiger partial charge in [-0.05, 0) is 37.7 Å². The van der Waals surface area contributed by atoms with Crippen molar-refractivity contribution in [1.29, 1.82) is 0 Å². The van der Waals surface area contributed by atoms with Gasteiger partial charge in [0, 0.05) is 31.0 Å². The second kappa shape index (κ2) is 4.92. The standard InChI is InChI=1S/C13H21N3O2S/c14-8-11-7-12(9-15-11)19(17,18)16-6-2-4-10-3-1-5-13(10)16/h7,9-10,13,15H,1-6,8,14H2. The zero-order chi connectivity index (χ0) is 13.5. The van der Waals surface area contributed by atoms with Crippen molar-refractivity contribution in [3.8, 4) is 0 Å². The van der Waals surface area contributed by atoms with Crippen LogP contribution in [-0.2, 0) is 16.6 Å². The minimum absolute atomic E-state index is 0.218. The summed E-state index contributed by atoms with van der Waals surface area (Å²) < 4.78 is 27.2. The first-order valence-electron chi connectivity index (χ1n) is 7.02. The molecule has 1 aliphatic carbocycles. The van der Waals surface area contributed by atoms with Crippen molar-refractivity contribution in [2.24, 2.45) is 11.7 Å². The number of nitrogens with one attached hydrogen (secondary N) is 1. The van der Waals surface area contributed by atoms with E-state index in [1.54, 1.807) is 16.6 Å². The van der Waals surface area contributed by atoms with Gasteiger partial charge in [0.1, 0.15) is 0 Å². The van der Waals surface area contributed by atoms with Crippen molar-refractivity contribution >= 4 is 10.0 Å². The largest absolute Gasteiger partial charge is 0.363 e. The molecule has 2 aliphatic rings. The zero-order valence-corrected chi connectivity index (χ0v) is 11.8. The van der Waals surface area contributed by atoms with Gasteiger partial charge in [-0.2, -0.15) is 4.31 Å². The molecule has 6 heteroatoms. The van der Waals surface area contributed by atoms with Crippen LogP contribution in [0.2, 0.25) is 0 Å². The van der Waals surface area contributed by atoms with Gasteiger partial charge in [-0.1, -0.05) is 6.42 Å². The second-order valence-electron chi connectivity index (χ2n) is 5.58. The van der Waals surface area contributed by atoms with Crippen LogP contribution in [0.1, 0.15) is 37.8 Å². The fourth-order valence-corrected chi connectivity index (χ4v) is 5.30. The molecule has 3 N–H and O–H groups in total. The molecule has 2 fully saturated rings. The van der Waals surface area contributed by atoms with Crippen molar-refractivity contribution in [3.63, 3.8) is 0 Å². The number of nitrogens with zero attached hydrogens (tertiary/aromatic N) is 1. The SMILES string of the molecule is NCc1cc(S(=O)(=O)N2CCCC3CCCC32)c[nH]1. The first-order chi connectivity index (χ1) is 9.13. The Morgan fingerprint density at radius 2 is 2.11 bits per heavy atom. The van der Waals surface area contributed by atoms with Crippen LogP contribution in [0.4, 0.5) is 0 Å². The molecular formula is C13H21N3O2S. The van der Waals surface area contributed by atoms with E-state index < -0.39 is 10.0 Å². The molecular weight excluding hydrogens is 262 g/mol. The summed E-state index contributed by atoms with van der Waals surface area (Å²) in [5.74, 6) is 0.566. The number of hydrogen-bond donors (Lipinski definition) is 2. The fraction of sp³-hybridized carbons (Fsp3) is 0.692. The van der Waals surface area contributed by atoms with Crippen LogP contribution in [-0.4, -0.2) is 30.3 Å². The summed E-state index contributed by atoms with van der Waals surface area (Å²) in [6.45, 7) is 0.994. The molecule has 0 aromatic carbocycles. The first kappa shape index (κ1) is 13.1. The van der Waals surface area contributed by atoms with Gasteiger partial charge in [-0.3, -0.25) is 0 Å². The summed E-state index contributed by atoms with van der Waals surface area (Å²) in [7, 11) is -3.36. The number of hydrogen-bond acceptors (Lipinski definition) is 3. The molecule has 106 valence electrons. The monoisotopic (exact) mass is 283 g/mol. The Bertz CT molecular complexity index is 552. The Morgan fingerprint density at radius 3 is 2.84 bits per heavy atom. The van der Waals surface area contributed by atoms with E-state index in [9.17, 15) is 8.42 Å². The molecule has 19 heavy (non-hydrogen) atoms. The number of aromatic nitrogens is 1. The molecule has 1 aliphatic heterocycles. The molecule has 0 spiro atoms. The number of aromatic amines is 1. The van der Waals surface area contributed by atoms with Gasteiger partial charge in [-0.15, -0.1) is 0 Å². The van der Waals surface area contributed by atoms with Crippen molar-refractivity contribution in [1.82, 2.24) is 9.29 Å². The summed E-state index contributed by atoms with van der Waals surface area (Å²) in [5, 5.41) is 0. The van der Waals surface area contributed by atoms with Crippen LogP contribution in [0.15, 0.2) is 17.2 Å². The molecule has 1 saturated heterocycles. The van der Waals surface area contributed by atoms with Crippen LogP contribution in [0.3, 0.4) is 0 Å². The Hall–Kier alpha value is -0.850. The smallest absolute Gasteiger partial charge is 0.244 e. The van der Waals surface area contributed by atoms with Gasteiger partial charge < -0.3 is 10.7 Å². The Labute approximate surface area is 114 Å². The van der Waals surface area contributed by atoms with E-state index in [1.165, 1.54) is 12.8 Å². The lowest BCUT2D eigenvalue weighted by molar-refractivity contribution is 0.202. The number of nitrogens with two attached hydrogens (primary N) is 1. The lowest BCUT2D eigenvalue weighted by Gasteiger charge is -2.36. The Kier molecular flexibility index (Phi) is 3.41. The molecule has 1 saturated carbocycles. The highest BCUT2D eigenvalue weighted by Gasteiger charge is 2.41.